The number of nitrogens with one attached hydrogen (secondary N) is 2. The van der Waals surface area contributed by atoms with E-state index in [4.69, 9.17) is 4.74 Å². The Morgan fingerprint density at radius 2 is 2.00 bits per heavy atom. The number of ether oxygens (including phenoxy) is 1. The topological polar surface area (TPSA) is 118 Å². The molecule has 8 heteroatoms. The van der Waals surface area contributed by atoms with Crippen LogP contribution in [-0.2, 0) is 6.61 Å². The summed E-state index contributed by atoms with van der Waals surface area (Å²) >= 11 is 0. The van der Waals surface area contributed by atoms with Gasteiger partial charge in [-0.25, -0.2) is 4.79 Å². The number of nitro benzene ring substituents is 1. The van der Waals surface area contributed by atoms with Crippen LogP contribution in [0.4, 0.5) is 5.69 Å². The molecule has 0 atom stereocenters. The quantitative estimate of drug-likeness (QED) is 0.616. The average molecular weight is 263 g/mol. The van der Waals surface area contributed by atoms with E-state index in [1.165, 1.54) is 24.4 Å². The molecule has 2 N–H and O–H groups in total. The van der Waals surface area contributed by atoms with Crippen molar-refractivity contribution in [3.05, 3.63) is 67.0 Å². The predicted octanol–water partition coefficient (Wildman–Crippen LogP) is 0.550. The minimum absolute atomic E-state index is 0.0538. The van der Waals surface area contributed by atoms with Gasteiger partial charge in [-0.3, -0.25) is 19.9 Å². The third kappa shape index (κ3) is 2.86. The van der Waals surface area contributed by atoms with Gasteiger partial charge in [-0.05, 0) is 6.07 Å². The van der Waals surface area contributed by atoms with E-state index in [0.29, 0.717) is 0 Å². The Bertz CT molecular complexity index is 719. The average Bonchev–Trinajstić information content (AvgIpc) is 2.38. The van der Waals surface area contributed by atoms with Crippen LogP contribution in [-0.4, -0.2) is 14.9 Å². The van der Waals surface area contributed by atoms with Crippen molar-refractivity contribution in [2.45, 2.75) is 6.61 Å². The van der Waals surface area contributed by atoms with Crippen molar-refractivity contribution in [1.82, 2.24) is 9.97 Å². The van der Waals surface area contributed by atoms with Crippen LogP contribution in [0.25, 0.3) is 0 Å². The van der Waals surface area contributed by atoms with Crippen molar-refractivity contribution < 1.29 is 9.66 Å². The van der Waals surface area contributed by atoms with Gasteiger partial charge < -0.3 is 9.72 Å². The lowest BCUT2D eigenvalue weighted by molar-refractivity contribution is -0.385. The van der Waals surface area contributed by atoms with Gasteiger partial charge in [-0.1, -0.05) is 12.1 Å². The van der Waals surface area contributed by atoms with Crippen molar-refractivity contribution in [2.24, 2.45) is 0 Å². The molecule has 0 aliphatic heterocycles. The van der Waals surface area contributed by atoms with Gasteiger partial charge in [0.05, 0.1) is 10.5 Å². The van der Waals surface area contributed by atoms with Gasteiger partial charge in [0.1, 0.15) is 6.61 Å². The molecule has 0 unspecified atom stereocenters. The van der Waals surface area contributed by atoms with Crippen LogP contribution in [0.2, 0.25) is 0 Å². The first kappa shape index (κ1) is 12.6. The summed E-state index contributed by atoms with van der Waals surface area (Å²) in [6.07, 6.45) is 1.20. The fourth-order valence-corrected chi connectivity index (χ4v) is 1.43. The van der Waals surface area contributed by atoms with E-state index < -0.39 is 16.2 Å². The smallest absolute Gasteiger partial charge is 0.325 e. The second kappa shape index (κ2) is 5.17. The van der Waals surface area contributed by atoms with Gasteiger partial charge in [0.15, 0.2) is 5.75 Å². The summed E-state index contributed by atoms with van der Waals surface area (Å²) in [4.78, 5) is 36.7. The highest BCUT2D eigenvalue weighted by Crippen LogP contribution is 2.26. The summed E-state index contributed by atoms with van der Waals surface area (Å²) in [5, 5.41) is 10.8. The maximum absolute atomic E-state index is 11.4. The predicted molar refractivity (Wildman–Crippen MR) is 65.1 cm³/mol. The molecule has 19 heavy (non-hydrogen) atoms. The van der Waals surface area contributed by atoms with Crippen molar-refractivity contribution in [3.8, 4) is 5.75 Å². The molecule has 98 valence electrons. The van der Waals surface area contributed by atoms with Gasteiger partial charge in [0, 0.05) is 12.3 Å². The van der Waals surface area contributed by atoms with E-state index in [1.54, 1.807) is 6.07 Å². The molecule has 0 bridgehead atoms. The Morgan fingerprint density at radius 3 is 2.68 bits per heavy atom. The summed E-state index contributed by atoms with van der Waals surface area (Å²) in [5.74, 6) is 0.0538. The van der Waals surface area contributed by atoms with Crippen molar-refractivity contribution in [2.75, 3.05) is 0 Å². The summed E-state index contributed by atoms with van der Waals surface area (Å²) in [6.45, 7) is -0.184. The first-order valence-electron chi connectivity index (χ1n) is 5.25. The minimum Gasteiger partial charge on any atom is -0.482 e. The lowest BCUT2D eigenvalue weighted by Gasteiger charge is -2.05. The van der Waals surface area contributed by atoms with Gasteiger partial charge in [0.25, 0.3) is 5.56 Å². The number of H-pyrrole nitrogens is 2. The third-order valence-corrected chi connectivity index (χ3v) is 2.34. The zero-order valence-corrected chi connectivity index (χ0v) is 9.58. The van der Waals surface area contributed by atoms with Gasteiger partial charge >= 0.3 is 11.4 Å². The van der Waals surface area contributed by atoms with Crippen LogP contribution in [0.5, 0.6) is 5.75 Å². The highest BCUT2D eigenvalue weighted by molar-refractivity contribution is 5.45. The molecule has 0 aliphatic rings. The Balaban J connectivity index is 2.21. The van der Waals surface area contributed by atoms with Crippen LogP contribution in [0.15, 0.2) is 40.1 Å². The van der Waals surface area contributed by atoms with E-state index in [0.717, 1.165) is 0 Å². The fraction of sp³-hybridized carbons (Fsp3) is 0.0909. The molecule has 0 saturated heterocycles. The second-order valence-electron chi connectivity index (χ2n) is 3.61. The number of rotatable bonds is 4. The molecule has 0 fully saturated rings. The van der Waals surface area contributed by atoms with E-state index in [2.05, 4.69) is 4.98 Å². The van der Waals surface area contributed by atoms with E-state index >= 15 is 0 Å². The first-order valence-corrected chi connectivity index (χ1v) is 5.25. The molecular weight excluding hydrogens is 254 g/mol. The summed E-state index contributed by atoms with van der Waals surface area (Å²) < 4.78 is 5.22. The zero-order chi connectivity index (χ0) is 13.8. The lowest BCUT2D eigenvalue weighted by atomic mass is 10.3. The van der Waals surface area contributed by atoms with E-state index in [1.807, 2.05) is 4.98 Å². The number of para-hydroxylation sites is 2. The van der Waals surface area contributed by atoms with Crippen LogP contribution in [0.1, 0.15) is 5.56 Å². The van der Waals surface area contributed by atoms with Gasteiger partial charge in [-0.15, -0.1) is 0 Å². The highest BCUT2D eigenvalue weighted by Gasteiger charge is 2.14. The number of nitro groups is 1. The molecule has 1 heterocycles. The summed E-state index contributed by atoms with van der Waals surface area (Å²) in [6, 6.07) is 5.82. The summed E-state index contributed by atoms with van der Waals surface area (Å²) in [7, 11) is 0. The molecule has 0 radical (unpaired) electrons. The third-order valence-electron chi connectivity index (χ3n) is 2.34. The molecule has 8 nitrogen and oxygen atoms in total. The number of nitrogens with zero attached hydrogens (tertiary/aromatic N) is 1. The number of hydrogen-bond donors (Lipinski definition) is 2. The van der Waals surface area contributed by atoms with Crippen molar-refractivity contribution >= 4 is 5.69 Å². The number of hydrogen-bond acceptors (Lipinski definition) is 5. The number of aromatic nitrogens is 2. The normalized spacial score (nSPS) is 10.1. The minimum atomic E-state index is -0.626. The second-order valence-corrected chi connectivity index (χ2v) is 3.61. The van der Waals surface area contributed by atoms with Crippen molar-refractivity contribution in [1.29, 1.82) is 0 Å². The van der Waals surface area contributed by atoms with Gasteiger partial charge in [0.2, 0.25) is 0 Å². The van der Waals surface area contributed by atoms with Gasteiger partial charge in [-0.2, -0.15) is 0 Å². The van der Waals surface area contributed by atoms with Crippen molar-refractivity contribution in [3.63, 3.8) is 0 Å². The Morgan fingerprint density at radius 1 is 1.26 bits per heavy atom. The Labute approximate surface area is 105 Å². The molecule has 2 rings (SSSR count). The first-order chi connectivity index (χ1) is 9.08. The molecule has 2 aromatic rings. The lowest BCUT2D eigenvalue weighted by Crippen LogP contribution is -2.25. The maximum Gasteiger partial charge on any atom is 0.325 e. The number of aromatic amines is 2. The summed E-state index contributed by atoms with van der Waals surface area (Å²) in [5.41, 5.74) is -1.25. The van der Waals surface area contributed by atoms with E-state index in [9.17, 15) is 19.7 Å². The molecule has 0 saturated carbocycles. The molecule has 1 aromatic heterocycles. The van der Waals surface area contributed by atoms with Crippen LogP contribution in [0.3, 0.4) is 0 Å². The highest BCUT2D eigenvalue weighted by atomic mass is 16.6. The van der Waals surface area contributed by atoms with Crippen LogP contribution in [0, 0.1) is 10.1 Å². The monoisotopic (exact) mass is 263 g/mol. The SMILES string of the molecule is O=c1[nH]cc(COc2ccccc2[N+](=O)[O-])c(=O)[nH]1. The van der Waals surface area contributed by atoms with Crippen LogP contribution >= 0.6 is 0 Å². The molecule has 0 aliphatic carbocycles. The van der Waals surface area contributed by atoms with Crippen LogP contribution < -0.4 is 16.0 Å². The maximum atomic E-state index is 11.4. The molecule has 0 spiro atoms. The Hall–Kier alpha value is -2.90. The zero-order valence-electron chi connectivity index (χ0n) is 9.58. The fourth-order valence-electron chi connectivity index (χ4n) is 1.43. The standard InChI is InChI=1S/C11H9N3O5/c15-10-7(5-12-11(16)13-10)6-19-9-4-2-1-3-8(9)14(17)18/h1-5H,6H2,(H2,12,13,15,16). The number of benzene rings is 1. The molecule has 1 aromatic carbocycles. The molecular formula is C11H9N3O5. The Kier molecular flexibility index (Phi) is 3.42. The largest absolute Gasteiger partial charge is 0.482 e. The molecule has 0 amide bonds. The van der Waals surface area contributed by atoms with E-state index in [-0.39, 0.29) is 23.6 Å².